The number of hydrogen-bond acceptors (Lipinski definition) is 5. The van der Waals surface area contributed by atoms with Crippen LogP contribution in [-0.4, -0.2) is 49.1 Å². The molecule has 0 saturated carbocycles. The first-order chi connectivity index (χ1) is 13.3. The van der Waals surface area contributed by atoms with Gasteiger partial charge in [-0.25, -0.2) is 4.79 Å². The van der Waals surface area contributed by atoms with E-state index in [1.54, 1.807) is 44.4 Å². The fraction of sp³-hybridized carbons (Fsp3) is 0.286. The Hall–Kier alpha value is -2.80. The van der Waals surface area contributed by atoms with E-state index in [-0.39, 0.29) is 18.3 Å². The molecule has 0 aromatic heterocycles. The molecule has 0 aliphatic heterocycles. The van der Waals surface area contributed by atoms with E-state index in [1.807, 2.05) is 26.0 Å². The maximum absolute atomic E-state index is 12.4. The fourth-order valence-electron chi connectivity index (χ4n) is 2.31. The SMILES string of the molecule is Cc1cccc(NC(=O)COC(=O)c2ccccc2SCC(=O)N(C)C)c1C. The summed E-state index contributed by atoms with van der Waals surface area (Å²) in [7, 11) is 3.36. The van der Waals surface area contributed by atoms with E-state index in [2.05, 4.69) is 5.32 Å². The van der Waals surface area contributed by atoms with E-state index in [1.165, 1.54) is 16.7 Å². The van der Waals surface area contributed by atoms with Crippen molar-refractivity contribution in [3.05, 3.63) is 59.2 Å². The molecular formula is C21H24N2O4S. The molecule has 0 radical (unpaired) electrons. The normalized spacial score (nSPS) is 10.3. The lowest BCUT2D eigenvalue weighted by atomic mass is 10.1. The zero-order chi connectivity index (χ0) is 20.7. The largest absolute Gasteiger partial charge is 0.452 e. The quantitative estimate of drug-likeness (QED) is 0.570. The lowest BCUT2D eigenvalue weighted by Crippen LogP contribution is -2.23. The zero-order valence-corrected chi connectivity index (χ0v) is 17.3. The van der Waals surface area contributed by atoms with Gasteiger partial charge in [0.2, 0.25) is 5.91 Å². The Kier molecular flexibility index (Phi) is 7.63. The average molecular weight is 401 g/mol. The first-order valence-electron chi connectivity index (χ1n) is 8.74. The van der Waals surface area contributed by atoms with Crippen LogP contribution < -0.4 is 5.32 Å². The number of carbonyl (C=O) groups excluding carboxylic acids is 3. The summed E-state index contributed by atoms with van der Waals surface area (Å²) in [5.74, 6) is -0.850. The van der Waals surface area contributed by atoms with Gasteiger partial charge in [-0.15, -0.1) is 11.8 Å². The van der Waals surface area contributed by atoms with E-state index >= 15 is 0 Å². The third kappa shape index (κ3) is 5.85. The van der Waals surface area contributed by atoms with E-state index in [0.29, 0.717) is 16.1 Å². The van der Waals surface area contributed by atoms with E-state index in [4.69, 9.17) is 4.74 Å². The maximum Gasteiger partial charge on any atom is 0.339 e. The number of benzene rings is 2. The molecule has 1 N–H and O–H groups in total. The van der Waals surface area contributed by atoms with Crippen LogP contribution in [0.15, 0.2) is 47.4 Å². The van der Waals surface area contributed by atoms with Crippen molar-refractivity contribution >= 4 is 35.2 Å². The topological polar surface area (TPSA) is 75.7 Å². The number of amides is 2. The number of nitrogens with one attached hydrogen (secondary N) is 1. The molecule has 0 fully saturated rings. The van der Waals surface area contributed by atoms with Crippen molar-refractivity contribution in [3.63, 3.8) is 0 Å². The van der Waals surface area contributed by atoms with Crippen LogP contribution in [0.3, 0.4) is 0 Å². The predicted octanol–water partition coefficient (Wildman–Crippen LogP) is 3.28. The third-order valence-corrected chi connectivity index (χ3v) is 5.23. The smallest absolute Gasteiger partial charge is 0.339 e. The highest BCUT2D eigenvalue weighted by atomic mass is 32.2. The van der Waals surface area contributed by atoms with Crippen LogP contribution in [0.1, 0.15) is 21.5 Å². The maximum atomic E-state index is 12.4. The number of ether oxygens (including phenoxy) is 1. The number of esters is 1. The summed E-state index contributed by atoms with van der Waals surface area (Å²) in [5.41, 5.74) is 3.06. The molecule has 6 nitrogen and oxygen atoms in total. The molecule has 0 unspecified atom stereocenters. The second-order valence-electron chi connectivity index (χ2n) is 6.44. The van der Waals surface area contributed by atoms with Crippen LogP contribution in [0.2, 0.25) is 0 Å². The van der Waals surface area contributed by atoms with Crippen LogP contribution >= 0.6 is 11.8 Å². The lowest BCUT2D eigenvalue weighted by molar-refractivity contribution is -0.125. The summed E-state index contributed by atoms with van der Waals surface area (Å²) in [5, 5.41) is 2.75. The van der Waals surface area contributed by atoms with E-state index in [0.717, 1.165) is 11.1 Å². The molecule has 7 heteroatoms. The van der Waals surface area contributed by atoms with Crippen molar-refractivity contribution in [2.24, 2.45) is 0 Å². The Morgan fingerprint density at radius 3 is 2.46 bits per heavy atom. The van der Waals surface area contributed by atoms with Crippen LogP contribution in [0.5, 0.6) is 0 Å². The van der Waals surface area contributed by atoms with Crippen LogP contribution in [0, 0.1) is 13.8 Å². The molecule has 0 aliphatic carbocycles. The van der Waals surface area contributed by atoms with Crippen LogP contribution in [-0.2, 0) is 14.3 Å². The van der Waals surface area contributed by atoms with Crippen LogP contribution in [0.25, 0.3) is 0 Å². The molecule has 148 valence electrons. The Balaban J connectivity index is 1.96. The van der Waals surface area contributed by atoms with Gasteiger partial charge >= 0.3 is 5.97 Å². The number of aryl methyl sites for hydroxylation is 1. The number of hydrogen-bond donors (Lipinski definition) is 1. The predicted molar refractivity (Wildman–Crippen MR) is 111 cm³/mol. The van der Waals surface area contributed by atoms with Gasteiger partial charge in [-0.3, -0.25) is 9.59 Å². The summed E-state index contributed by atoms with van der Waals surface area (Å²) in [4.78, 5) is 38.5. The molecule has 28 heavy (non-hydrogen) atoms. The molecule has 0 aliphatic rings. The summed E-state index contributed by atoms with van der Waals surface area (Å²) in [6.07, 6.45) is 0. The van der Waals surface area contributed by atoms with Gasteiger partial charge in [0, 0.05) is 24.7 Å². The molecule has 0 heterocycles. The van der Waals surface area contributed by atoms with Crippen molar-refractivity contribution in [1.29, 1.82) is 0 Å². The van der Waals surface area contributed by atoms with Crippen molar-refractivity contribution in [2.75, 3.05) is 31.8 Å². The Bertz CT molecular complexity index is 880. The van der Waals surface area contributed by atoms with E-state index in [9.17, 15) is 14.4 Å². The molecule has 0 spiro atoms. The number of carbonyl (C=O) groups is 3. The molecule has 0 saturated heterocycles. The third-order valence-electron chi connectivity index (χ3n) is 4.17. The molecule has 2 aromatic rings. The summed E-state index contributed by atoms with van der Waals surface area (Å²) < 4.78 is 5.17. The van der Waals surface area contributed by atoms with Gasteiger partial charge in [0.25, 0.3) is 5.91 Å². The molecule has 0 atom stereocenters. The highest BCUT2D eigenvalue weighted by molar-refractivity contribution is 8.00. The molecule has 2 rings (SSSR count). The van der Waals surface area contributed by atoms with Gasteiger partial charge in [0.15, 0.2) is 6.61 Å². The monoisotopic (exact) mass is 400 g/mol. The van der Waals surface area contributed by atoms with E-state index < -0.39 is 11.9 Å². The van der Waals surface area contributed by atoms with Crippen molar-refractivity contribution in [3.8, 4) is 0 Å². The highest BCUT2D eigenvalue weighted by Crippen LogP contribution is 2.23. The minimum absolute atomic E-state index is 0.0546. The van der Waals surface area contributed by atoms with Gasteiger partial charge < -0.3 is 15.0 Å². The minimum atomic E-state index is -0.600. The Morgan fingerprint density at radius 1 is 1.04 bits per heavy atom. The number of thioether (sulfide) groups is 1. The number of anilines is 1. The standard InChI is InChI=1S/C21H24N2O4S/c1-14-8-7-10-17(15(14)2)22-19(24)12-27-21(26)16-9-5-6-11-18(16)28-13-20(25)23(3)4/h5-11H,12-13H2,1-4H3,(H,22,24). The Morgan fingerprint density at radius 2 is 1.75 bits per heavy atom. The van der Waals surface area contributed by atoms with Crippen molar-refractivity contribution < 1.29 is 19.1 Å². The molecule has 2 amide bonds. The Labute approximate surface area is 169 Å². The van der Waals surface area contributed by atoms with Gasteiger partial charge in [0.1, 0.15) is 0 Å². The van der Waals surface area contributed by atoms with Gasteiger partial charge in [-0.05, 0) is 43.2 Å². The van der Waals surface area contributed by atoms with Gasteiger partial charge in [-0.1, -0.05) is 24.3 Å². The lowest BCUT2D eigenvalue weighted by Gasteiger charge is -2.12. The summed E-state index contributed by atoms with van der Waals surface area (Å²) in [6.45, 7) is 3.49. The minimum Gasteiger partial charge on any atom is -0.452 e. The molecular weight excluding hydrogens is 376 g/mol. The first kappa shape index (κ1) is 21.5. The van der Waals surface area contributed by atoms with Crippen molar-refractivity contribution in [2.45, 2.75) is 18.7 Å². The fourth-order valence-corrected chi connectivity index (χ4v) is 3.33. The van der Waals surface area contributed by atoms with Gasteiger partial charge in [-0.2, -0.15) is 0 Å². The second kappa shape index (κ2) is 9.94. The summed E-state index contributed by atoms with van der Waals surface area (Å²) >= 11 is 1.26. The van der Waals surface area contributed by atoms with Crippen LogP contribution in [0.4, 0.5) is 5.69 Å². The first-order valence-corrected chi connectivity index (χ1v) is 9.73. The zero-order valence-electron chi connectivity index (χ0n) is 16.4. The highest BCUT2D eigenvalue weighted by Gasteiger charge is 2.16. The second-order valence-corrected chi connectivity index (χ2v) is 7.46. The summed E-state index contributed by atoms with van der Waals surface area (Å²) in [6, 6.07) is 12.5. The molecule has 0 bridgehead atoms. The van der Waals surface area contributed by atoms with Gasteiger partial charge in [0.05, 0.1) is 11.3 Å². The number of rotatable bonds is 7. The average Bonchev–Trinajstić information content (AvgIpc) is 2.68. The van der Waals surface area contributed by atoms with Crippen molar-refractivity contribution in [1.82, 2.24) is 4.90 Å². The molecule has 2 aromatic carbocycles. The number of nitrogens with zero attached hydrogens (tertiary/aromatic N) is 1.